The number of ether oxygens (including phenoxy) is 1. The number of nitrogens with one attached hydrogen (secondary N) is 1. The quantitative estimate of drug-likeness (QED) is 0.715. The zero-order chi connectivity index (χ0) is 20.0. The predicted octanol–water partition coefficient (Wildman–Crippen LogP) is 2.12. The molecule has 2 aromatic rings. The van der Waals surface area contributed by atoms with Crippen molar-refractivity contribution in [2.75, 3.05) is 26.2 Å². The van der Waals surface area contributed by atoms with Crippen molar-refractivity contribution in [3.8, 4) is 0 Å². The summed E-state index contributed by atoms with van der Waals surface area (Å²) in [5.41, 5.74) is 3.66. The summed E-state index contributed by atoms with van der Waals surface area (Å²) in [6.07, 6.45) is 1.56. The maximum atomic E-state index is 12.2. The molecule has 1 aromatic heterocycles. The van der Waals surface area contributed by atoms with E-state index in [0.717, 1.165) is 27.7 Å². The van der Waals surface area contributed by atoms with Crippen molar-refractivity contribution in [1.82, 2.24) is 10.2 Å². The topological polar surface area (TPSA) is 88.9 Å². The average Bonchev–Trinajstić information content (AvgIpc) is 2.99. The van der Waals surface area contributed by atoms with Gasteiger partial charge in [-0.1, -0.05) is 0 Å². The van der Waals surface area contributed by atoms with Gasteiger partial charge in [0.1, 0.15) is 5.58 Å². The number of rotatable bonds is 8. The second kappa shape index (κ2) is 9.21. The summed E-state index contributed by atoms with van der Waals surface area (Å²) in [5, 5.41) is 3.50. The highest BCUT2D eigenvalue weighted by Gasteiger charge is 2.18. The number of esters is 1. The number of hydrogen-bond acceptors (Lipinski definition) is 5. The van der Waals surface area contributed by atoms with E-state index in [1.807, 2.05) is 26.0 Å². The van der Waals surface area contributed by atoms with Gasteiger partial charge in [-0.3, -0.25) is 14.4 Å². The molecule has 0 aliphatic rings. The van der Waals surface area contributed by atoms with E-state index in [1.54, 1.807) is 20.1 Å². The highest BCUT2D eigenvalue weighted by molar-refractivity contribution is 5.89. The molecule has 0 aliphatic heterocycles. The number of likely N-dealkylation sites (N-methyl/N-ethyl adjacent to an activating group) is 2. The smallest absolute Gasteiger partial charge is 0.310 e. The molecule has 0 fully saturated rings. The van der Waals surface area contributed by atoms with Crippen LogP contribution in [-0.2, 0) is 25.5 Å². The lowest BCUT2D eigenvalue weighted by molar-refractivity contribution is -0.152. The Bertz CT molecular complexity index is 840. The predicted molar refractivity (Wildman–Crippen MR) is 101 cm³/mol. The fourth-order valence-corrected chi connectivity index (χ4v) is 2.72. The van der Waals surface area contributed by atoms with Gasteiger partial charge in [0, 0.05) is 24.0 Å². The molecule has 0 saturated carbocycles. The van der Waals surface area contributed by atoms with Gasteiger partial charge in [-0.15, -0.1) is 0 Å². The molecule has 0 aliphatic carbocycles. The Balaban J connectivity index is 1.93. The second-order valence-electron chi connectivity index (χ2n) is 6.39. The molecule has 0 saturated heterocycles. The first kappa shape index (κ1) is 20.5. The normalized spacial score (nSPS) is 10.7. The fourth-order valence-electron chi connectivity index (χ4n) is 2.72. The molecule has 7 heteroatoms. The van der Waals surface area contributed by atoms with E-state index >= 15 is 0 Å². The van der Waals surface area contributed by atoms with Gasteiger partial charge in [0.05, 0.1) is 19.2 Å². The highest BCUT2D eigenvalue weighted by Crippen LogP contribution is 2.25. The maximum absolute atomic E-state index is 12.2. The van der Waals surface area contributed by atoms with Gasteiger partial charge >= 0.3 is 5.97 Å². The number of fused-ring (bicyclic) bond motifs is 1. The second-order valence-corrected chi connectivity index (χ2v) is 6.39. The Labute approximate surface area is 158 Å². The lowest BCUT2D eigenvalue weighted by Crippen LogP contribution is -2.42. The van der Waals surface area contributed by atoms with Crippen LogP contribution in [0.5, 0.6) is 0 Å². The third-order valence-electron chi connectivity index (χ3n) is 4.40. The summed E-state index contributed by atoms with van der Waals surface area (Å²) < 4.78 is 10.6. The molecule has 0 unspecified atom stereocenters. The van der Waals surface area contributed by atoms with Crippen LogP contribution < -0.4 is 5.32 Å². The molecule has 0 atom stereocenters. The molecule has 1 aromatic carbocycles. The first-order valence-corrected chi connectivity index (χ1v) is 9.03. The highest BCUT2D eigenvalue weighted by atomic mass is 16.5. The van der Waals surface area contributed by atoms with Crippen molar-refractivity contribution >= 4 is 28.8 Å². The number of aryl methyl sites for hydroxylation is 2. The monoisotopic (exact) mass is 374 g/mol. The number of carbonyl (C=O) groups excluding carboxylic acids is 3. The molecule has 1 heterocycles. The van der Waals surface area contributed by atoms with Crippen LogP contribution in [0.2, 0.25) is 0 Å². The number of furan rings is 1. The van der Waals surface area contributed by atoms with Gasteiger partial charge in [-0.2, -0.15) is 0 Å². The number of hydrogen-bond donors (Lipinski definition) is 1. The van der Waals surface area contributed by atoms with Crippen LogP contribution in [0.4, 0.5) is 0 Å². The summed E-state index contributed by atoms with van der Waals surface area (Å²) in [6, 6.07) is 3.91. The largest absolute Gasteiger partial charge is 0.464 e. The molecule has 146 valence electrons. The van der Waals surface area contributed by atoms with Gasteiger partial charge in [0.15, 0.2) is 6.61 Å². The van der Waals surface area contributed by atoms with Gasteiger partial charge < -0.3 is 19.4 Å². The van der Waals surface area contributed by atoms with E-state index in [9.17, 15) is 14.4 Å². The minimum Gasteiger partial charge on any atom is -0.464 e. The van der Waals surface area contributed by atoms with Crippen LogP contribution in [0.15, 0.2) is 22.8 Å². The molecule has 2 amide bonds. The molecule has 0 radical (unpaired) electrons. The number of nitrogens with zero attached hydrogens (tertiary/aromatic N) is 1. The number of carbonyl (C=O) groups is 3. The Morgan fingerprint density at radius 3 is 2.52 bits per heavy atom. The lowest BCUT2D eigenvalue weighted by Gasteiger charge is -2.19. The summed E-state index contributed by atoms with van der Waals surface area (Å²) in [6.45, 7) is 7.98. The van der Waals surface area contributed by atoms with Crippen molar-refractivity contribution in [3.05, 3.63) is 35.1 Å². The Morgan fingerprint density at radius 1 is 1.15 bits per heavy atom. The van der Waals surface area contributed by atoms with E-state index in [2.05, 4.69) is 5.32 Å². The average molecular weight is 374 g/mol. The van der Waals surface area contributed by atoms with Crippen LogP contribution in [-0.4, -0.2) is 48.9 Å². The zero-order valence-corrected chi connectivity index (χ0v) is 16.3. The summed E-state index contributed by atoms with van der Waals surface area (Å²) >= 11 is 0. The first-order valence-electron chi connectivity index (χ1n) is 9.03. The fraction of sp³-hybridized carbons (Fsp3) is 0.450. The van der Waals surface area contributed by atoms with Gasteiger partial charge in [0.2, 0.25) is 5.91 Å². The van der Waals surface area contributed by atoms with Crippen molar-refractivity contribution in [3.63, 3.8) is 0 Å². The number of amides is 2. The summed E-state index contributed by atoms with van der Waals surface area (Å²) in [7, 11) is 0. The van der Waals surface area contributed by atoms with E-state index < -0.39 is 11.9 Å². The molecule has 1 N–H and O–H groups in total. The maximum Gasteiger partial charge on any atom is 0.310 e. The van der Waals surface area contributed by atoms with E-state index in [0.29, 0.717) is 13.1 Å². The van der Waals surface area contributed by atoms with Crippen LogP contribution in [0.1, 0.15) is 30.5 Å². The van der Waals surface area contributed by atoms with Crippen molar-refractivity contribution in [1.29, 1.82) is 0 Å². The standard InChI is InChI=1S/C20H26N2O5/c1-5-21-18(23)10-22(6-2)19(24)12-27-20(25)9-15-11-26-17-8-14(4)13(3)7-16(15)17/h7-8,11H,5-6,9-10,12H2,1-4H3,(H,21,23). The molecule has 0 spiro atoms. The number of benzene rings is 1. The van der Waals surface area contributed by atoms with Crippen molar-refractivity contribution in [2.24, 2.45) is 0 Å². The minimum absolute atomic E-state index is 0.0191. The third kappa shape index (κ3) is 5.32. The zero-order valence-electron chi connectivity index (χ0n) is 16.3. The van der Waals surface area contributed by atoms with E-state index in [4.69, 9.17) is 9.15 Å². The summed E-state index contributed by atoms with van der Waals surface area (Å²) in [4.78, 5) is 37.3. The third-order valence-corrected chi connectivity index (χ3v) is 4.40. The summed E-state index contributed by atoms with van der Waals surface area (Å²) in [5.74, 6) is -1.16. The Hall–Kier alpha value is -2.83. The van der Waals surface area contributed by atoms with Crippen molar-refractivity contribution < 1.29 is 23.5 Å². The molecule has 27 heavy (non-hydrogen) atoms. The molecule has 0 bridgehead atoms. The SMILES string of the molecule is CCNC(=O)CN(CC)C(=O)COC(=O)Cc1coc2cc(C)c(C)cc12. The lowest BCUT2D eigenvalue weighted by atomic mass is 10.0. The van der Waals surface area contributed by atoms with Crippen LogP contribution in [0, 0.1) is 13.8 Å². The van der Waals surface area contributed by atoms with Crippen molar-refractivity contribution in [2.45, 2.75) is 34.1 Å². The molecule has 7 nitrogen and oxygen atoms in total. The van der Waals surface area contributed by atoms with Crippen LogP contribution >= 0.6 is 0 Å². The van der Waals surface area contributed by atoms with Gasteiger partial charge in [0.25, 0.3) is 5.91 Å². The van der Waals surface area contributed by atoms with Crippen LogP contribution in [0.25, 0.3) is 11.0 Å². The van der Waals surface area contributed by atoms with Gasteiger partial charge in [-0.25, -0.2) is 0 Å². The van der Waals surface area contributed by atoms with Crippen LogP contribution in [0.3, 0.4) is 0 Å². The van der Waals surface area contributed by atoms with E-state index in [-0.39, 0.29) is 25.5 Å². The molecular formula is C20H26N2O5. The minimum atomic E-state index is -0.515. The van der Waals surface area contributed by atoms with Gasteiger partial charge in [-0.05, 0) is 51.0 Å². The molecular weight excluding hydrogens is 348 g/mol. The first-order chi connectivity index (χ1) is 12.8. The van der Waals surface area contributed by atoms with E-state index in [1.165, 1.54) is 4.90 Å². The Morgan fingerprint density at radius 2 is 1.85 bits per heavy atom. The Kier molecular flexibility index (Phi) is 6.98. The molecule has 2 rings (SSSR count).